The van der Waals surface area contributed by atoms with E-state index in [1.165, 1.54) is 35.2 Å². The molecule has 2 aromatic rings. The van der Waals surface area contributed by atoms with E-state index in [0.717, 1.165) is 23.3 Å². The minimum Gasteiger partial charge on any atom is -0.317 e. The summed E-state index contributed by atoms with van der Waals surface area (Å²) in [7, 11) is 0. The number of piperidine rings is 1. The molecule has 1 fully saturated rings. The predicted octanol–water partition coefficient (Wildman–Crippen LogP) is 3.92. The molecule has 0 unspecified atom stereocenters. The van der Waals surface area contributed by atoms with Crippen LogP contribution in [0.25, 0.3) is 11.3 Å². The second kappa shape index (κ2) is 5.70. The zero-order chi connectivity index (χ0) is 14.1. The Morgan fingerprint density at radius 3 is 2.60 bits per heavy atom. The van der Waals surface area contributed by atoms with E-state index in [1.807, 2.05) is 0 Å². The lowest BCUT2D eigenvalue weighted by Gasteiger charge is -2.21. The molecule has 106 valence electrons. The zero-order valence-corrected chi connectivity index (χ0v) is 13.5. The third-order valence-electron chi connectivity index (χ3n) is 4.26. The molecule has 1 aromatic heterocycles. The summed E-state index contributed by atoms with van der Waals surface area (Å²) in [6.07, 6.45) is 2.35. The van der Waals surface area contributed by atoms with Gasteiger partial charge >= 0.3 is 0 Å². The molecule has 1 aliphatic heterocycles. The Morgan fingerprint density at radius 1 is 1.15 bits per heavy atom. The summed E-state index contributed by atoms with van der Waals surface area (Å²) >= 11 is 3.75. The van der Waals surface area contributed by atoms with Gasteiger partial charge in [-0.25, -0.2) is 0 Å². The largest absolute Gasteiger partial charge is 0.317 e. The molecule has 0 radical (unpaired) electrons. The van der Waals surface area contributed by atoms with Crippen LogP contribution in [0.1, 0.15) is 35.6 Å². The second-order valence-corrected chi connectivity index (χ2v) is 6.42. The molecule has 3 rings (SSSR count). The van der Waals surface area contributed by atoms with Crippen LogP contribution in [0.3, 0.4) is 0 Å². The molecule has 3 nitrogen and oxygen atoms in total. The first-order valence-corrected chi connectivity index (χ1v) is 7.98. The van der Waals surface area contributed by atoms with Crippen molar-refractivity contribution < 1.29 is 0 Å². The molecule has 1 aliphatic rings. The Morgan fingerprint density at radius 2 is 1.90 bits per heavy atom. The van der Waals surface area contributed by atoms with Crippen molar-refractivity contribution in [1.29, 1.82) is 0 Å². The Labute approximate surface area is 128 Å². The molecule has 0 aliphatic carbocycles. The van der Waals surface area contributed by atoms with Crippen LogP contribution in [0.5, 0.6) is 0 Å². The highest BCUT2D eigenvalue weighted by molar-refractivity contribution is 9.10. The summed E-state index contributed by atoms with van der Waals surface area (Å²) in [5, 5.41) is 11.2. The van der Waals surface area contributed by atoms with Gasteiger partial charge in [0, 0.05) is 11.5 Å². The van der Waals surface area contributed by atoms with Gasteiger partial charge in [-0.15, -0.1) is 0 Å². The summed E-state index contributed by atoms with van der Waals surface area (Å²) < 4.78 is 1.13. The molecule has 0 atom stereocenters. The normalized spacial score (nSPS) is 16.6. The van der Waals surface area contributed by atoms with E-state index in [1.54, 1.807) is 0 Å². The number of benzene rings is 1. The van der Waals surface area contributed by atoms with Crippen LogP contribution in [0.2, 0.25) is 0 Å². The van der Waals surface area contributed by atoms with Crippen molar-refractivity contribution in [2.75, 3.05) is 13.1 Å². The zero-order valence-electron chi connectivity index (χ0n) is 12.0. The third-order valence-corrected chi connectivity index (χ3v) is 5.06. The van der Waals surface area contributed by atoms with Crippen molar-refractivity contribution in [2.45, 2.75) is 32.6 Å². The maximum absolute atomic E-state index is 4.54. The van der Waals surface area contributed by atoms with Gasteiger partial charge in [0.05, 0.1) is 10.2 Å². The van der Waals surface area contributed by atoms with Crippen LogP contribution in [-0.4, -0.2) is 23.3 Å². The predicted molar refractivity (Wildman–Crippen MR) is 86.0 cm³/mol. The second-order valence-electron chi connectivity index (χ2n) is 5.62. The Kier molecular flexibility index (Phi) is 3.94. The Bertz CT molecular complexity index is 612. The average molecular weight is 334 g/mol. The van der Waals surface area contributed by atoms with E-state index in [2.05, 4.69) is 63.5 Å². The smallest absolute Gasteiger partial charge is 0.107 e. The molecule has 0 amide bonds. The van der Waals surface area contributed by atoms with Crippen LogP contribution in [0.15, 0.2) is 22.7 Å². The number of hydrogen-bond donors (Lipinski definition) is 2. The van der Waals surface area contributed by atoms with Gasteiger partial charge in [-0.05, 0) is 72.9 Å². The SMILES string of the molecule is Cc1ccc(-c2n[nH]c(C3CCNCC3)c2Br)cc1C. The number of nitrogens with one attached hydrogen (secondary N) is 2. The molecular formula is C16H20BrN3. The molecule has 1 aromatic carbocycles. The van der Waals surface area contributed by atoms with Crippen molar-refractivity contribution in [1.82, 2.24) is 15.5 Å². The lowest BCUT2D eigenvalue weighted by atomic mass is 9.94. The van der Waals surface area contributed by atoms with Gasteiger partial charge in [-0.1, -0.05) is 12.1 Å². The highest BCUT2D eigenvalue weighted by Gasteiger charge is 2.22. The summed E-state index contributed by atoms with van der Waals surface area (Å²) in [6, 6.07) is 6.52. The fraction of sp³-hybridized carbons (Fsp3) is 0.438. The number of rotatable bonds is 2. The first-order chi connectivity index (χ1) is 9.66. The van der Waals surface area contributed by atoms with E-state index < -0.39 is 0 Å². The lowest BCUT2D eigenvalue weighted by molar-refractivity contribution is 0.452. The van der Waals surface area contributed by atoms with E-state index >= 15 is 0 Å². The highest BCUT2D eigenvalue weighted by atomic mass is 79.9. The molecular weight excluding hydrogens is 314 g/mol. The molecule has 4 heteroatoms. The number of aromatic amines is 1. The van der Waals surface area contributed by atoms with Crippen molar-refractivity contribution in [3.05, 3.63) is 39.5 Å². The van der Waals surface area contributed by atoms with Gasteiger partial charge in [0.25, 0.3) is 0 Å². The van der Waals surface area contributed by atoms with Crippen LogP contribution in [0, 0.1) is 13.8 Å². The maximum atomic E-state index is 4.54. The molecule has 0 bridgehead atoms. The number of halogens is 1. The standard InChI is InChI=1S/C16H20BrN3/c1-10-3-4-13(9-11(10)2)16-14(17)15(19-20-16)12-5-7-18-8-6-12/h3-4,9,12,18H,5-8H2,1-2H3,(H,19,20). The van der Waals surface area contributed by atoms with Crippen LogP contribution >= 0.6 is 15.9 Å². The number of aryl methyl sites for hydroxylation is 2. The topological polar surface area (TPSA) is 40.7 Å². The van der Waals surface area contributed by atoms with Crippen LogP contribution in [-0.2, 0) is 0 Å². The average Bonchev–Trinajstić information content (AvgIpc) is 2.85. The number of aromatic nitrogens is 2. The fourth-order valence-electron chi connectivity index (χ4n) is 2.80. The fourth-order valence-corrected chi connectivity index (χ4v) is 3.53. The minimum absolute atomic E-state index is 0.582. The van der Waals surface area contributed by atoms with Gasteiger partial charge in [0.15, 0.2) is 0 Å². The molecule has 2 heterocycles. The first kappa shape index (κ1) is 13.8. The van der Waals surface area contributed by atoms with Crippen molar-refractivity contribution in [3.8, 4) is 11.3 Å². The molecule has 0 saturated carbocycles. The molecule has 20 heavy (non-hydrogen) atoms. The lowest BCUT2D eigenvalue weighted by Crippen LogP contribution is -2.26. The van der Waals surface area contributed by atoms with Gasteiger partial charge in [-0.3, -0.25) is 5.10 Å². The van der Waals surface area contributed by atoms with E-state index in [0.29, 0.717) is 5.92 Å². The van der Waals surface area contributed by atoms with Gasteiger partial charge in [0.2, 0.25) is 0 Å². The number of H-pyrrole nitrogens is 1. The van der Waals surface area contributed by atoms with Crippen molar-refractivity contribution in [2.24, 2.45) is 0 Å². The van der Waals surface area contributed by atoms with Gasteiger partial charge < -0.3 is 5.32 Å². The van der Waals surface area contributed by atoms with E-state index in [9.17, 15) is 0 Å². The Hall–Kier alpha value is -1.13. The first-order valence-electron chi connectivity index (χ1n) is 7.19. The monoisotopic (exact) mass is 333 g/mol. The minimum atomic E-state index is 0.582. The molecule has 1 saturated heterocycles. The number of hydrogen-bond acceptors (Lipinski definition) is 2. The summed E-state index contributed by atoms with van der Waals surface area (Å²) in [4.78, 5) is 0. The van der Waals surface area contributed by atoms with Crippen molar-refractivity contribution in [3.63, 3.8) is 0 Å². The van der Waals surface area contributed by atoms with Gasteiger partial charge in [-0.2, -0.15) is 5.10 Å². The number of nitrogens with zero attached hydrogens (tertiary/aromatic N) is 1. The summed E-state index contributed by atoms with van der Waals surface area (Å²) in [5.41, 5.74) is 6.08. The quantitative estimate of drug-likeness (QED) is 0.874. The van der Waals surface area contributed by atoms with E-state index in [-0.39, 0.29) is 0 Å². The Balaban J connectivity index is 1.94. The maximum Gasteiger partial charge on any atom is 0.107 e. The highest BCUT2D eigenvalue weighted by Crippen LogP contribution is 2.36. The van der Waals surface area contributed by atoms with Gasteiger partial charge in [0.1, 0.15) is 5.69 Å². The van der Waals surface area contributed by atoms with Crippen LogP contribution in [0.4, 0.5) is 0 Å². The summed E-state index contributed by atoms with van der Waals surface area (Å²) in [5.74, 6) is 0.582. The third kappa shape index (κ3) is 2.54. The summed E-state index contributed by atoms with van der Waals surface area (Å²) in [6.45, 7) is 6.47. The molecule has 2 N–H and O–H groups in total. The molecule has 0 spiro atoms. The van der Waals surface area contributed by atoms with Crippen LogP contribution < -0.4 is 5.32 Å². The van der Waals surface area contributed by atoms with E-state index in [4.69, 9.17) is 0 Å². The van der Waals surface area contributed by atoms with Crippen molar-refractivity contribution >= 4 is 15.9 Å².